The van der Waals surface area contributed by atoms with Crippen LogP contribution in [0, 0.1) is 12.0 Å². The summed E-state index contributed by atoms with van der Waals surface area (Å²) < 4.78 is 11.0. The van der Waals surface area contributed by atoms with Gasteiger partial charge >= 0.3 is 0 Å². The van der Waals surface area contributed by atoms with Crippen LogP contribution in [0.1, 0.15) is 25.8 Å². The minimum Gasteiger partial charge on any atom is -0.464 e. The van der Waals surface area contributed by atoms with Crippen molar-refractivity contribution in [1.82, 2.24) is 4.90 Å². The zero-order valence-electron chi connectivity index (χ0n) is 11.2. The Kier molecular flexibility index (Phi) is 4.43. The van der Waals surface area contributed by atoms with Crippen molar-refractivity contribution in [2.45, 2.75) is 26.6 Å². The van der Waals surface area contributed by atoms with Crippen molar-refractivity contribution in [1.29, 1.82) is 0 Å². The van der Waals surface area contributed by atoms with E-state index in [2.05, 4.69) is 12.0 Å². The molecule has 0 aliphatic carbocycles. The van der Waals surface area contributed by atoms with Crippen molar-refractivity contribution in [2.75, 3.05) is 13.2 Å². The Morgan fingerprint density at radius 1 is 1.42 bits per heavy atom. The second-order valence-corrected chi connectivity index (χ2v) is 4.17. The number of carbonyl (C=O) groups is 1. The fourth-order valence-electron chi connectivity index (χ4n) is 1.68. The molecule has 4 heteroatoms. The van der Waals surface area contributed by atoms with Crippen LogP contribution in [0.5, 0.6) is 5.75 Å². The van der Waals surface area contributed by atoms with E-state index >= 15 is 0 Å². The van der Waals surface area contributed by atoms with E-state index in [1.807, 2.05) is 38.1 Å². The lowest BCUT2D eigenvalue weighted by atomic mass is 10.2. The van der Waals surface area contributed by atoms with Crippen molar-refractivity contribution < 1.29 is 14.3 Å². The Hall–Kier alpha value is -1.99. The Bertz CT molecular complexity index is 516. The molecule has 1 saturated heterocycles. The molecule has 1 atom stereocenters. The van der Waals surface area contributed by atoms with Gasteiger partial charge in [0.05, 0.1) is 5.56 Å². The van der Waals surface area contributed by atoms with Crippen molar-refractivity contribution >= 4 is 5.91 Å². The van der Waals surface area contributed by atoms with E-state index in [1.54, 1.807) is 0 Å². The third-order valence-electron chi connectivity index (χ3n) is 2.76. The number of ether oxygens (including phenoxy) is 2. The maximum absolute atomic E-state index is 11.2. The lowest BCUT2D eigenvalue weighted by molar-refractivity contribution is -0.135. The minimum absolute atomic E-state index is 0.0774. The molecule has 0 spiro atoms. The first-order valence-corrected chi connectivity index (χ1v) is 6.40. The van der Waals surface area contributed by atoms with Crippen LogP contribution in [0.4, 0.5) is 0 Å². The topological polar surface area (TPSA) is 38.8 Å². The van der Waals surface area contributed by atoms with Crippen LogP contribution in [-0.4, -0.2) is 30.2 Å². The fraction of sp³-hybridized carbons (Fsp3) is 0.400. The number of likely N-dealkylation sites (tertiary alicyclic amines) is 1. The number of benzene rings is 1. The van der Waals surface area contributed by atoms with Crippen LogP contribution in [0.15, 0.2) is 24.3 Å². The highest BCUT2D eigenvalue weighted by molar-refractivity contribution is 5.83. The molecule has 0 N–H and O–H groups in total. The molecule has 0 radical (unpaired) electrons. The van der Waals surface area contributed by atoms with Gasteiger partial charge in [-0.05, 0) is 31.9 Å². The van der Waals surface area contributed by atoms with E-state index in [1.165, 1.54) is 4.90 Å². The van der Waals surface area contributed by atoms with Crippen LogP contribution >= 0.6 is 0 Å². The molecule has 0 aromatic heterocycles. The molecule has 1 aliphatic heterocycles. The number of para-hydroxylation sites is 1. The molecule has 1 aromatic rings. The van der Waals surface area contributed by atoms with Gasteiger partial charge in [0.25, 0.3) is 0 Å². The van der Waals surface area contributed by atoms with Gasteiger partial charge in [-0.15, -0.1) is 0 Å². The highest BCUT2D eigenvalue weighted by Crippen LogP contribution is 2.19. The summed E-state index contributed by atoms with van der Waals surface area (Å²) in [4.78, 5) is 12.7. The third kappa shape index (κ3) is 3.49. The number of hydrogen-bond donors (Lipinski definition) is 0. The quantitative estimate of drug-likeness (QED) is 0.471. The largest absolute Gasteiger partial charge is 0.464 e. The molecule has 1 aromatic carbocycles. The van der Waals surface area contributed by atoms with Gasteiger partial charge in [-0.25, -0.2) is 0 Å². The van der Waals surface area contributed by atoms with Crippen LogP contribution in [-0.2, 0) is 9.53 Å². The predicted octanol–water partition coefficient (Wildman–Crippen LogP) is 1.99. The summed E-state index contributed by atoms with van der Waals surface area (Å²) in [6.07, 6.45) is 0.271. The summed E-state index contributed by atoms with van der Waals surface area (Å²) in [6, 6.07) is 10.3. The van der Waals surface area contributed by atoms with Gasteiger partial charge in [-0.3, -0.25) is 9.69 Å². The summed E-state index contributed by atoms with van der Waals surface area (Å²) in [5.41, 5.74) is 0.758. The molecule has 1 amide bonds. The van der Waals surface area contributed by atoms with Gasteiger partial charge in [-0.1, -0.05) is 12.1 Å². The molecule has 1 unspecified atom stereocenters. The van der Waals surface area contributed by atoms with Gasteiger partial charge in [0, 0.05) is 25.6 Å². The van der Waals surface area contributed by atoms with Crippen molar-refractivity contribution in [3.63, 3.8) is 0 Å². The zero-order chi connectivity index (χ0) is 13.7. The van der Waals surface area contributed by atoms with E-state index in [-0.39, 0.29) is 12.2 Å². The monoisotopic (exact) mass is 259 g/mol. The molecule has 1 fully saturated rings. The van der Waals surface area contributed by atoms with Gasteiger partial charge in [0.1, 0.15) is 5.75 Å². The van der Waals surface area contributed by atoms with Crippen LogP contribution in [0.3, 0.4) is 0 Å². The number of carbonyl (C=O) groups excluding carboxylic acids is 1. The summed E-state index contributed by atoms with van der Waals surface area (Å²) >= 11 is 0. The summed E-state index contributed by atoms with van der Waals surface area (Å²) in [5, 5.41) is 0. The highest BCUT2D eigenvalue weighted by Gasteiger charge is 2.21. The second-order valence-electron chi connectivity index (χ2n) is 4.17. The number of rotatable bonds is 4. The Balaban J connectivity index is 2.09. The molecule has 0 bridgehead atoms. The average molecular weight is 259 g/mol. The van der Waals surface area contributed by atoms with Crippen LogP contribution < -0.4 is 4.74 Å². The van der Waals surface area contributed by atoms with Crippen molar-refractivity contribution in [3.05, 3.63) is 29.8 Å². The zero-order valence-corrected chi connectivity index (χ0v) is 11.2. The minimum atomic E-state index is -0.321. The smallest absolute Gasteiger partial charge is 0.235 e. The van der Waals surface area contributed by atoms with Gasteiger partial charge in [-0.2, -0.15) is 0 Å². The molecule has 2 rings (SSSR count). The van der Waals surface area contributed by atoms with Gasteiger partial charge in [0.2, 0.25) is 5.91 Å². The first-order valence-electron chi connectivity index (χ1n) is 6.40. The highest BCUT2D eigenvalue weighted by atomic mass is 16.7. The molecule has 19 heavy (non-hydrogen) atoms. The maximum Gasteiger partial charge on any atom is 0.235 e. The summed E-state index contributed by atoms with van der Waals surface area (Å²) in [5.74, 6) is 3.72. The molecule has 0 saturated carbocycles. The third-order valence-corrected chi connectivity index (χ3v) is 2.76. The Morgan fingerprint density at radius 2 is 2.21 bits per heavy atom. The first-order chi connectivity index (χ1) is 9.20. The standard InChI is InChI=1S/C15H17NO3/c1-3-18-12(2)19-14-7-5-4-6-13(14)8-10-16-11-9-15(16)17/h4-7,12H,3,9,11H2,1-2H3. The summed E-state index contributed by atoms with van der Waals surface area (Å²) in [6.45, 7) is 5.06. The molecular formula is C15H17NO3. The first kappa shape index (κ1) is 13.4. The second kappa shape index (κ2) is 6.26. The number of hydrogen-bond acceptors (Lipinski definition) is 3. The van der Waals surface area contributed by atoms with E-state index in [9.17, 15) is 4.79 Å². The SMILES string of the molecule is CCOC(C)Oc1ccccc1C#CN1CCC1=O. The molecular weight excluding hydrogens is 242 g/mol. The normalized spacial score (nSPS) is 15.3. The van der Waals surface area contributed by atoms with E-state index in [4.69, 9.17) is 9.47 Å². The summed E-state index contributed by atoms with van der Waals surface area (Å²) in [7, 11) is 0. The number of β-lactam (4-membered cyclic amide) rings is 1. The van der Waals surface area contributed by atoms with Crippen molar-refractivity contribution in [3.8, 4) is 17.7 Å². The van der Waals surface area contributed by atoms with E-state index in [0.717, 1.165) is 5.56 Å². The van der Waals surface area contributed by atoms with E-state index in [0.29, 0.717) is 25.3 Å². The molecule has 1 aliphatic rings. The molecule has 100 valence electrons. The lowest BCUT2D eigenvalue weighted by Gasteiger charge is -2.23. The van der Waals surface area contributed by atoms with Gasteiger partial charge < -0.3 is 9.47 Å². The average Bonchev–Trinajstić information content (AvgIpc) is 2.39. The number of nitrogens with zero attached hydrogens (tertiary/aromatic N) is 1. The Labute approximate surface area is 113 Å². The Morgan fingerprint density at radius 3 is 2.84 bits per heavy atom. The molecule has 4 nitrogen and oxygen atoms in total. The van der Waals surface area contributed by atoms with E-state index < -0.39 is 0 Å². The van der Waals surface area contributed by atoms with Crippen LogP contribution in [0.25, 0.3) is 0 Å². The molecule has 1 heterocycles. The van der Waals surface area contributed by atoms with Gasteiger partial charge in [0.15, 0.2) is 6.29 Å². The van der Waals surface area contributed by atoms with Crippen molar-refractivity contribution in [2.24, 2.45) is 0 Å². The lowest BCUT2D eigenvalue weighted by Crippen LogP contribution is -2.39. The number of amides is 1. The fourth-order valence-corrected chi connectivity index (χ4v) is 1.68. The van der Waals surface area contributed by atoms with Crippen LogP contribution in [0.2, 0.25) is 0 Å². The predicted molar refractivity (Wildman–Crippen MR) is 71.4 cm³/mol. The maximum atomic E-state index is 11.2.